The van der Waals surface area contributed by atoms with Gasteiger partial charge >= 0.3 is 6.09 Å². The molecule has 0 radical (unpaired) electrons. The highest BCUT2D eigenvalue weighted by molar-refractivity contribution is 5.80. The molecule has 7 nitrogen and oxygen atoms in total. The zero-order valence-electron chi connectivity index (χ0n) is 18.4. The Morgan fingerprint density at radius 2 is 1.93 bits per heavy atom. The normalized spacial score (nSPS) is 20.0. The quantitative estimate of drug-likeness (QED) is 0.802. The molecule has 0 spiro atoms. The van der Waals surface area contributed by atoms with Crippen LogP contribution in [0.25, 0.3) is 0 Å². The number of amides is 3. The molecule has 3 rings (SSSR count). The van der Waals surface area contributed by atoms with Crippen molar-refractivity contribution in [1.29, 1.82) is 0 Å². The van der Waals surface area contributed by atoms with Gasteiger partial charge in [0.1, 0.15) is 5.60 Å². The van der Waals surface area contributed by atoms with E-state index in [2.05, 4.69) is 17.4 Å². The van der Waals surface area contributed by atoms with E-state index in [-0.39, 0.29) is 24.2 Å². The maximum atomic E-state index is 13.0. The van der Waals surface area contributed by atoms with Gasteiger partial charge in [0, 0.05) is 39.0 Å². The molecule has 1 N–H and O–H groups in total. The minimum atomic E-state index is -0.632. The Balaban J connectivity index is 1.65. The highest BCUT2D eigenvalue weighted by Crippen LogP contribution is 2.21. The average molecular weight is 416 g/mol. The summed E-state index contributed by atoms with van der Waals surface area (Å²) < 4.78 is 5.38. The number of benzene rings is 1. The predicted molar refractivity (Wildman–Crippen MR) is 114 cm³/mol. The number of hydrogen-bond donors (Lipinski definition) is 1. The Labute approximate surface area is 178 Å². The number of nitrogens with zero attached hydrogens (tertiary/aromatic N) is 2. The largest absolute Gasteiger partial charge is 0.444 e. The Kier molecular flexibility index (Phi) is 6.68. The Hall–Kier alpha value is -2.57. The lowest BCUT2D eigenvalue weighted by Crippen LogP contribution is -2.49. The lowest BCUT2D eigenvalue weighted by Gasteiger charge is -2.31. The Bertz CT molecular complexity index is 802. The van der Waals surface area contributed by atoms with Crippen LogP contribution in [0.5, 0.6) is 0 Å². The fraction of sp³-hybridized carbons (Fsp3) is 0.609. The van der Waals surface area contributed by atoms with E-state index in [1.807, 2.05) is 24.0 Å². The van der Waals surface area contributed by atoms with Crippen molar-refractivity contribution >= 4 is 17.9 Å². The molecular weight excluding hydrogens is 382 g/mol. The highest BCUT2D eigenvalue weighted by Gasteiger charge is 2.32. The molecule has 0 aliphatic carbocycles. The number of rotatable bonds is 5. The van der Waals surface area contributed by atoms with Crippen molar-refractivity contribution in [3.05, 3.63) is 35.4 Å². The first-order chi connectivity index (χ1) is 14.1. The van der Waals surface area contributed by atoms with Gasteiger partial charge < -0.3 is 19.9 Å². The molecule has 3 amide bonds. The van der Waals surface area contributed by atoms with E-state index in [1.54, 1.807) is 25.7 Å². The number of carbonyl (C=O) groups is 3. The van der Waals surface area contributed by atoms with E-state index in [4.69, 9.17) is 4.74 Å². The second-order valence-electron chi connectivity index (χ2n) is 9.49. The molecule has 2 atom stereocenters. The van der Waals surface area contributed by atoms with Crippen LogP contribution in [0.1, 0.15) is 51.7 Å². The lowest BCUT2D eigenvalue weighted by molar-refractivity contribution is -0.134. The van der Waals surface area contributed by atoms with E-state index >= 15 is 0 Å². The van der Waals surface area contributed by atoms with Crippen LogP contribution in [-0.4, -0.2) is 59.0 Å². The van der Waals surface area contributed by atoms with Crippen molar-refractivity contribution < 1.29 is 19.1 Å². The fourth-order valence-corrected chi connectivity index (χ4v) is 4.10. The molecule has 2 aliphatic heterocycles. The van der Waals surface area contributed by atoms with Gasteiger partial charge in [0.05, 0.1) is 6.04 Å². The SMILES string of the molecule is CC1CC(=O)N(CC(CC(=O)N2CCc3ccccc3C2)NC(=O)OC(C)(C)C)C1. The van der Waals surface area contributed by atoms with Gasteiger partial charge in [-0.15, -0.1) is 0 Å². The molecule has 1 saturated heterocycles. The zero-order chi connectivity index (χ0) is 21.9. The van der Waals surface area contributed by atoms with Crippen molar-refractivity contribution in [3.8, 4) is 0 Å². The minimum Gasteiger partial charge on any atom is -0.444 e. The smallest absolute Gasteiger partial charge is 0.407 e. The summed E-state index contributed by atoms with van der Waals surface area (Å²) in [6.45, 7) is 9.62. The van der Waals surface area contributed by atoms with Crippen LogP contribution in [0.4, 0.5) is 4.79 Å². The molecule has 0 saturated carbocycles. The second-order valence-corrected chi connectivity index (χ2v) is 9.49. The summed E-state index contributed by atoms with van der Waals surface area (Å²) in [5.74, 6) is 0.331. The molecule has 2 aliphatic rings. The number of fused-ring (bicyclic) bond motifs is 1. The van der Waals surface area contributed by atoms with Gasteiger partial charge in [-0.3, -0.25) is 9.59 Å². The monoisotopic (exact) mass is 415 g/mol. The summed E-state index contributed by atoms with van der Waals surface area (Å²) in [6.07, 6.45) is 0.910. The number of ether oxygens (including phenoxy) is 1. The summed E-state index contributed by atoms with van der Waals surface area (Å²) in [5, 5.41) is 2.82. The summed E-state index contributed by atoms with van der Waals surface area (Å²) in [7, 11) is 0. The third kappa shape index (κ3) is 5.97. The van der Waals surface area contributed by atoms with Crippen molar-refractivity contribution in [3.63, 3.8) is 0 Å². The van der Waals surface area contributed by atoms with E-state index < -0.39 is 17.7 Å². The molecule has 1 aromatic carbocycles. The van der Waals surface area contributed by atoms with Gasteiger partial charge in [-0.1, -0.05) is 31.2 Å². The molecule has 164 valence electrons. The number of likely N-dealkylation sites (tertiary alicyclic amines) is 1. The second kappa shape index (κ2) is 9.06. The third-order valence-corrected chi connectivity index (χ3v) is 5.47. The van der Waals surface area contributed by atoms with E-state index in [9.17, 15) is 14.4 Å². The van der Waals surface area contributed by atoms with Crippen molar-refractivity contribution in [2.75, 3.05) is 19.6 Å². The molecule has 2 unspecified atom stereocenters. The summed E-state index contributed by atoms with van der Waals surface area (Å²) in [6, 6.07) is 7.67. The number of carbonyl (C=O) groups excluding carboxylic acids is 3. The standard InChI is InChI=1S/C23H33N3O4/c1-16-11-20(27)26(13-16)15-19(24-22(29)30-23(2,3)4)12-21(28)25-10-9-17-7-5-6-8-18(17)14-25/h5-8,16,19H,9-15H2,1-4H3,(H,24,29). The Morgan fingerprint density at radius 3 is 2.57 bits per heavy atom. The third-order valence-electron chi connectivity index (χ3n) is 5.47. The Morgan fingerprint density at radius 1 is 1.23 bits per heavy atom. The van der Waals surface area contributed by atoms with Gasteiger partial charge in [0.15, 0.2) is 0 Å². The highest BCUT2D eigenvalue weighted by atomic mass is 16.6. The minimum absolute atomic E-state index is 0.0229. The van der Waals surface area contributed by atoms with E-state index in [0.29, 0.717) is 32.6 Å². The first kappa shape index (κ1) is 22.1. The van der Waals surface area contributed by atoms with Crippen LogP contribution < -0.4 is 5.32 Å². The first-order valence-corrected chi connectivity index (χ1v) is 10.7. The predicted octanol–water partition coefficient (Wildman–Crippen LogP) is 2.72. The number of nitrogens with one attached hydrogen (secondary N) is 1. The molecule has 30 heavy (non-hydrogen) atoms. The fourth-order valence-electron chi connectivity index (χ4n) is 4.10. The molecule has 2 heterocycles. The van der Waals surface area contributed by atoms with Crippen LogP contribution in [0, 0.1) is 5.92 Å². The van der Waals surface area contributed by atoms with Crippen molar-refractivity contribution in [2.24, 2.45) is 5.92 Å². The topological polar surface area (TPSA) is 79.0 Å². The van der Waals surface area contributed by atoms with Crippen molar-refractivity contribution in [1.82, 2.24) is 15.1 Å². The van der Waals surface area contributed by atoms with Crippen LogP contribution in [0.15, 0.2) is 24.3 Å². The summed E-state index contributed by atoms with van der Waals surface area (Å²) in [4.78, 5) is 41.2. The van der Waals surface area contributed by atoms with Crippen molar-refractivity contribution in [2.45, 2.75) is 65.1 Å². The molecule has 1 fully saturated rings. The van der Waals surface area contributed by atoms with E-state index in [1.165, 1.54) is 5.56 Å². The summed E-state index contributed by atoms with van der Waals surface area (Å²) in [5.41, 5.74) is 1.81. The first-order valence-electron chi connectivity index (χ1n) is 10.7. The lowest BCUT2D eigenvalue weighted by atomic mass is 9.99. The average Bonchev–Trinajstić information content (AvgIpc) is 2.96. The van der Waals surface area contributed by atoms with E-state index in [0.717, 1.165) is 12.0 Å². The number of hydrogen-bond acceptors (Lipinski definition) is 4. The van der Waals surface area contributed by atoms with Crippen LogP contribution in [-0.2, 0) is 27.3 Å². The molecule has 7 heteroatoms. The van der Waals surface area contributed by atoms with Crippen LogP contribution in [0.2, 0.25) is 0 Å². The van der Waals surface area contributed by atoms with Gasteiger partial charge in [-0.05, 0) is 44.2 Å². The zero-order valence-corrected chi connectivity index (χ0v) is 18.4. The van der Waals surface area contributed by atoms with Gasteiger partial charge in [-0.25, -0.2) is 4.79 Å². The molecule has 0 aromatic heterocycles. The van der Waals surface area contributed by atoms with Gasteiger partial charge in [0.25, 0.3) is 0 Å². The van der Waals surface area contributed by atoms with Gasteiger partial charge in [-0.2, -0.15) is 0 Å². The number of alkyl carbamates (subject to hydrolysis) is 1. The van der Waals surface area contributed by atoms with Gasteiger partial charge in [0.2, 0.25) is 11.8 Å². The molecule has 0 bridgehead atoms. The summed E-state index contributed by atoms with van der Waals surface area (Å²) >= 11 is 0. The molecule has 1 aromatic rings. The maximum absolute atomic E-state index is 13.0. The van der Waals surface area contributed by atoms with Crippen LogP contribution >= 0.6 is 0 Å². The maximum Gasteiger partial charge on any atom is 0.407 e. The molecular formula is C23H33N3O4. The van der Waals surface area contributed by atoms with Crippen LogP contribution in [0.3, 0.4) is 0 Å².